The molecule has 2 aromatic carbocycles. The Labute approximate surface area is 235 Å². The monoisotopic (exact) mass is 565 g/mol. The molecule has 4 rings (SSSR count). The van der Waals surface area contributed by atoms with Crippen LogP contribution in [0.3, 0.4) is 0 Å². The van der Waals surface area contributed by atoms with Gasteiger partial charge in [0.2, 0.25) is 0 Å². The first-order valence-corrected chi connectivity index (χ1v) is 14.3. The standard InChI is InChI=1S/C28H31N5O4S2/c34-27(36-17-25-15-30-19-38-25)32-23(11-21-7-3-1-4-8-21)13-29-14-24(12-22-9-5-2-6-10-22)33-28(35)37-18-26-16-31-20-39-26/h1-10,15-16,19-20,23-24,29H,11-14,17-18H2,(H,32,34)(H,33,35)/t23-,24-/m1/s1. The maximum absolute atomic E-state index is 12.5. The number of ether oxygens (including phenoxy) is 2. The summed E-state index contributed by atoms with van der Waals surface area (Å²) < 4.78 is 10.8. The molecule has 0 saturated carbocycles. The van der Waals surface area contributed by atoms with Crippen LogP contribution in [-0.4, -0.2) is 47.3 Å². The second-order valence-corrected chi connectivity index (χ2v) is 10.7. The Morgan fingerprint density at radius 1 is 0.692 bits per heavy atom. The van der Waals surface area contributed by atoms with Gasteiger partial charge in [-0.3, -0.25) is 9.97 Å². The number of carbonyl (C=O) groups excluding carboxylic acids is 2. The molecule has 0 aliphatic rings. The maximum Gasteiger partial charge on any atom is 0.407 e. The molecule has 204 valence electrons. The van der Waals surface area contributed by atoms with Crippen LogP contribution < -0.4 is 16.0 Å². The van der Waals surface area contributed by atoms with E-state index in [1.165, 1.54) is 22.7 Å². The smallest absolute Gasteiger partial charge is 0.407 e. The maximum atomic E-state index is 12.5. The van der Waals surface area contributed by atoms with Gasteiger partial charge in [-0.1, -0.05) is 60.7 Å². The lowest BCUT2D eigenvalue weighted by Gasteiger charge is -2.23. The molecule has 2 atom stereocenters. The zero-order valence-electron chi connectivity index (χ0n) is 21.3. The number of thiazole rings is 2. The number of carbonyl (C=O) groups is 2. The second kappa shape index (κ2) is 15.6. The number of amides is 2. The third-order valence-corrected chi connectivity index (χ3v) is 7.24. The van der Waals surface area contributed by atoms with E-state index in [1.807, 2.05) is 60.7 Å². The van der Waals surface area contributed by atoms with Crippen LogP contribution in [0.4, 0.5) is 9.59 Å². The van der Waals surface area contributed by atoms with E-state index in [9.17, 15) is 9.59 Å². The van der Waals surface area contributed by atoms with Crippen LogP contribution in [0.15, 0.2) is 84.1 Å². The highest BCUT2D eigenvalue weighted by Crippen LogP contribution is 2.09. The van der Waals surface area contributed by atoms with Crippen LogP contribution in [0.1, 0.15) is 20.9 Å². The van der Waals surface area contributed by atoms with Gasteiger partial charge in [-0.2, -0.15) is 0 Å². The fourth-order valence-electron chi connectivity index (χ4n) is 3.89. The Balaban J connectivity index is 1.32. The molecule has 0 unspecified atom stereocenters. The van der Waals surface area contributed by atoms with E-state index in [0.717, 1.165) is 20.9 Å². The molecule has 4 aromatic rings. The zero-order valence-corrected chi connectivity index (χ0v) is 23.0. The van der Waals surface area contributed by atoms with Gasteiger partial charge in [-0.25, -0.2) is 9.59 Å². The molecule has 0 fully saturated rings. The first-order valence-electron chi connectivity index (χ1n) is 12.5. The van der Waals surface area contributed by atoms with Crippen molar-refractivity contribution >= 4 is 34.9 Å². The predicted octanol–water partition coefficient (Wildman–Crippen LogP) is 4.56. The highest BCUT2D eigenvalue weighted by atomic mass is 32.1. The fraction of sp³-hybridized carbons (Fsp3) is 0.286. The van der Waals surface area contributed by atoms with E-state index in [1.54, 1.807) is 23.4 Å². The van der Waals surface area contributed by atoms with E-state index in [2.05, 4.69) is 25.9 Å². The summed E-state index contributed by atoms with van der Waals surface area (Å²) in [7, 11) is 0. The summed E-state index contributed by atoms with van der Waals surface area (Å²) in [5.41, 5.74) is 5.59. The molecule has 2 aromatic heterocycles. The van der Waals surface area contributed by atoms with Crippen molar-refractivity contribution in [3.8, 4) is 0 Å². The first kappa shape index (κ1) is 28.2. The van der Waals surface area contributed by atoms with Crippen LogP contribution in [-0.2, 0) is 35.5 Å². The second-order valence-electron chi connectivity index (χ2n) is 8.81. The predicted molar refractivity (Wildman–Crippen MR) is 152 cm³/mol. The molecule has 0 aliphatic heterocycles. The highest BCUT2D eigenvalue weighted by molar-refractivity contribution is 7.09. The van der Waals surface area contributed by atoms with Crippen molar-refractivity contribution in [3.63, 3.8) is 0 Å². The molecule has 2 heterocycles. The highest BCUT2D eigenvalue weighted by Gasteiger charge is 2.18. The molecule has 0 saturated heterocycles. The number of aromatic nitrogens is 2. The lowest BCUT2D eigenvalue weighted by Crippen LogP contribution is -2.48. The molecular weight excluding hydrogens is 534 g/mol. The van der Waals surface area contributed by atoms with Gasteiger partial charge in [0.1, 0.15) is 13.2 Å². The summed E-state index contributed by atoms with van der Waals surface area (Å²) in [6, 6.07) is 19.5. The van der Waals surface area contributed by atoms with Gasteiger partial charge in [0, 0.05) is 37.6 Å². The summed E-state index contributed by atoms with van der Waals surface area (Å²) in [5.74, 6) is 0. The van der Waals surface area contributed by atoms with E-state index >= 15 is 0 Å². The van der Waals surface area contributed by atoms with Gasteiger partial charge in [-0.05, 0) is 24.0 Å². The van der Waals surface area contributed by atoms with Gasteiger partial charge in [0.25, 0.3) is 0 Å². The third-order valence-electron chi connectivity index (χ3n) is 5.73. The van der Waals surface area contributed by atoms with Crippen molar-refractivity contribution < 1.29 is 19.1 Å². The minimum Gasteiger partial charge on any atom is -0.444 e. The minimum atomic E-state index is -0.489. The van der Waals surface area contributed by atoms with Crippen molar-refractivity contribution in [1.29, 1.82) is 0 Å². The van der Waals surface area contributed by atoms with Crippen molar-refractivity contribution in [3.05, 3.63) is 105 Å². The molecule has 2 amide bonds. The van der Waals surface area contributed by atoms with E-state index in [-0.39, 0.29) is 25.3 Å². The minimum absolute atomic E-state index is 0.175. The molecule has 0 bridgehead atoms. The molecule has 9 nitrogen and oxygen atoms in total. The number of benzene rings is 2. The van der Waals surface area contributed by atoms with Crippen LogP contribution in [0, 0.1) is 0 Å². The van der Waals surface area contributed by atoms with E-state index < -0.39 is 12.2 Å². The third kappa shape index (κ3) is 10.5. The van der Waals surface area contributed by atoms with Gasteiger partial charge in [0.15, 0.2) is 0 Å². The van der Waals surface area contributed by atoms with Gasteiger partial charge >= 0.3 is 12.2 Å². The fourth-order valence-corrected chi connectivity index (χ4v) is 4.91. The normalized spacial score (nSPS) is 12.3. The van der Waals surface area contributed by atoms with Gasteiger partial charge < -0.3 is 25.4 Å². The lowest BCUT2D eigenvalue weighted by molar-refractivity contribution is 0.136. The first-order chi connectivity index (χ1) is 19.1. The molecule has 11 heteroatoms. The number of nitrogens with one attached hydrogen (secondary N) is 3. The average molecular weight is 566 g/mol. The van der Waals surface area contributed by atoms with Crippen molar-refractivity contribution in [2.24, 2.45) is 0 Å². The number of rotatable bonds is 14. The van der Waals surface area contributed by atoms with Crippen molar-refractivity contribution in [1.82, 2.24) is 25.9 Å². The topological polar surface area (TPSA) is 114 Å². The van der Waals surface area contributed by atoms with Crippen LogP contribution >= 0.6 is 22.7 Å². The summed E-state index contributed by atoms with van der Waals surface area (Å²) in [6.07, 6.45) is 3.63. The summed E-state index contributed by atoms with van der Waals surface area (Å²) in [5, 5.41) is 9.36. The molecule has 0 radical (unpaired) electrons. The molecule has 0 aliphatic carbocycles. The molecular formula is C28H31N5O4S2. The number of nitrogens with zero attached hydrogens (tertiary/aromatic N) is 2. The quantitative estimate of drug-likeness (QED) is 0.205. The zero-order chi connectivity index (χ0) is 27.1. The Kier molecular flexibility index (Phi) is 11.3. The largest absolute Gasteiger partial charge is 0.444 e. The van der Waals surface area contributed by atoms with Crippen LogP contribution in [0.25, 0.3) is 0 Å². The number of hydrogen-bond acceptors (Lipinski definition) is 9. The van der Waals surface area contributed by atoms with Crippen LogP contribution in [0.2, 0.25) is 0 Å². The summed E-state index contributed by atoms with van der Waals surface area (Å²) >= 11 is 2.87. The Morgan fingerprint density at radius 3 is 1.51 bits per heavy atom. The lowest BCUT2D eigenvalue weighted by atomic mass is 10.0. The molecule has 0 spiro atoms. The Morgan fingerprint density at radius 2 is 1.13 bits per heavy atom. The van der Waals surface area contributed by atoms with E-state index in [0.29, 0.717) is 25.9 Å². The van der Waals surface area contributed by atoms with Crippen molar-refractivity contribution in [2.75, 3.05) is 13.1 Å². The Hall–Kier alpha value is -3.80. The van der Waals surface area contributed by atoms with Crippen molar-refractivity contribution in [2.45, 2.75) is 38.1 Å². The molecule has 39 heavy (non-hydrogen) atoms. The number of alkyl carbamates (subject to hydrolysis) is 2. The average Bonchev–Trinajstić information content (AvgIpc) is 3.67. The number of hydrogen-bond donors (Lipinski definition) is 3. The SMILES string of the molecule is O=C(N[C@@H](CNC[C@@H](Cc1ccccc1)NC(=O)OCc1cncs1)Cc1ccccc1)OCc1cncs1. The van der Waals surface area contributed by atoms with Gasteiger partial charge in [0.05, 0.1) is 20.8 Å². The Bertz CT molecular complexity index is 1140. The summed E-state index contributed by atoms with van der Waals surface area (Å²) in [6.45, 7) is 1.31. The van der Waals surface area contributed by atoms with Crippen LogP contribution in [0.5, 0.6) is 0 Å². The molecule has 3 N–H and O–H groups in total. The summed E-state index contributed by atoms with van der Waals surface area (Å²) in [4.78, 5) is 34.8. The van der Waals surface area contributed by atoms with Gasteiger partial charge in [-0.15, -0.1) is 22.7 Å². The van der Waals surface area contributed by atoms with E-state index in [4.69, 9.17) is 9.47 Å².